The number of carbonyl (C=O) groups excluding carboxylic acids is 1. The minimum Gasteiger partial charge on any atom is -0.338 e. The second-order valence-corrected chi connectivity index (χ2v) is 6.94. The van der Waals surface area contributed by atoms with Crippen LogP contribution in [-0.2, 0) is 6.42 Å². The third kappa shape index (κ3) is 3.29. The lowest BCUT2D eigenvalue weighted by molar-refractivity contribution is 0.207. The molecule has 0 saturated carbocycles. The highest BCUT2D eigenvalue weighted by molar-refractivity contribution is 5.74. The lowest BCUT2D eigenvalue weighted by Gasteiger charge is -2.18. The molecule has 1 aliphatic rings. The first-order valence-electron chi connectivity index (χ1n) is 9.08. The van der Waals surface area contributed by atoms with E-state index in [4.69, 9.17) is 0 Å². The van der Waals surface area contributed by atoms with Crippen molar-refractivity contribution in [2.24, 2.45) is 0 Å². The van der Waals surface area contributed by atoms with E-state index < -0.39 is 0 Å². The van der Waals surface area contributed by atoms with Gasteiger partial charge < -0.3 is 14.6 Å². The average molecular weight is 352 g/mol. The molecule has 4 heterocycles. The number of aryl methyl sites for hydroxylation is 2. The summed E-state index contributed by atoms with van der Waals surface area (Å²) in [5.74, 6) is 0. The van der Waals surface area contributed by atoms with Gasteiger partial charge in [-0.2, -0.15) is 5.10 Å². The van der Waals surface area contributed by atoms with E-state index in [1.165, 1.54) is 0 Å². The van der Waals surface area contributed by atoms with E-state index in [-0.39, 0.29) is 12.1 Å². The molecule has 1 aliphatic heterocycles. The van der Waals surface area contributed by atoms with Crippen LogP contribution >= 0.6 is 0 Å². The Morgan fingerprint density at radius 2 is 2.23 bits per heavy atom. The first kappa shape index (κ1) is 16.6. The number of nitrogens with one attached hydrogen (secondary N) is 1. The number of hydrogen-bond donors (Lipinski definition) is 1. The van der Waals surface area contributed by atoms with Crippen molar-refractivity contribution in [2.75, 3.05) is 19.6 Å². The molecule has 7 nitrogen and oxygen atoms in total. The Balaban J connectivity index is 1.29. The van der Waals surface area contributed by atoms with E-state index in [9.17, 15) is 4.79 Å². The quantitative estimate of drug-likeness (QED) is 0.784. The number of rotatable bonds is 4. The maximum atomic E-state index is 12.4. The smallest absolute Gasteiger partial charge is 0.317 e. The zero-order chi connectivity index (χ0) is 18.1. The summed E-state index contributed by atoms with van der Waals surface area (Å²) >= 11 is 0. The fourth-order valence-electron chi connectivity index (χ4n) is 3.66. The summed E-state index contributed by atoms with van der Waals surface area (Å²) in [6, 6.07) is 8.28. The van der Waals surface area contributed by atoms with Gasteiger partial charge in [0.25, 0.3) is 0 Å². The Morgan fingerprint density at radius 3 is 3.00 bits per heavy atom. The summed E-state index contributed by atoms with van der Waals surface area (Å²) < 4.78 is 4.05. The monoisotopic (exact) mass is 352 g/mol. The van der Waals surface area contributed by atoms with Crippen LogP contribution in [0.25, 0.3) is 5.65 Å². The number of carbonyl (C=O) groups is 1. The minimum absolute atomic E-state index is 0.00204. The normalized spacial score (nSPS) is 17.2. The Hall–Kier alpha value is -2.83. The zero-order valence-electron chi connectivity index (χ0n) is 15.2. The highest BCUT2D eigenvalue weighted by atomic mass is 16.2. The van der Waals surface area contributed by atoms with Crippen molar-refractivity contribution >= 4 is 11.7 Å². The van der Waals surface area contributed by atoms with E-state index >= 15 is 0 Å². The third-order valence-corrected chi connectivity index (χ3v) is 4.91. The van der Waals surface area contributed by atoms with Gasteiger partial charge in [0.05, 0.1) is 17.4 Å². The van der Waals surface area contributed by atoms with Crippen molar-refractivity contribution in [2.45, 2.75) is 32.7 Å². The molecule has 3 aromatic rings. The molecule has 0 spiro atoms. The van der Waals surface area contributed by atoms with E-state index in [0.717, 1.165) is 42.1 Å². The summed E-state index contributed by atoms with van der Waals surface area (Å²) in [4.78, 5) is 18.9. The summed E-state index contributed by atoms with van der Waals surface area (Å²) in [5.41, 5.74) is 4.10. The van der Waals surface area contributed by atoms with Crippen molar-refractivity contribution in [1.82, 2.24) is 29.4 Å². The van der Waals surface area contributed by atoms with Gasteiger partial charge in [0.1, 0.15) is 5.65 Å². The molecule has 4 rings (SSSR count). The fraction of sp³-hybridized carbons (Fsp3) is 0.421. The molecule has 1 saturated heterocycles. The molecule has 2 amide bonds. The minimum atomic E-state index is -0.00204. The van der Waals surface area contributed by atoms with Crippen LogP contribution < -0.4 is 5.32 Å². The van der Waals surface area contributed by atoms with Crippen LogP contribution in [-0.4, -0.2) is 49.7 Å². The van der Waals surface area contributed by atoms with Crippen LogP contribution in [0.5, 0.6) is 0 Å². The number of hydrogen-bond acceptors (Lipinski definition) is 3. The number of fused-ring (bicyclic) bond motifs is 1. The molecule has 3 aromatic heterocycles. The highest BCUT2D eigenvalue weighted by Gasteiger charge is 2.28. The predicted octanol–water partition coefficient (Wildman–Crippen LogP) is 2.35. The molecule has 0 radical (unpaired) electrons. The van der Waals surface area contributed by atoms with Crippen molar-refractivity contribution in [3.8, 4) is 0 Å². The van der Waals surface area contributed by atoms with Crippen molar-refractivity contribution in [3.05, 3.63) is 53.7 Å². The van der Waals surface area contributed by atoms with Crippen LogP contribution in [0.1, 0.15) is 29.5 Å². The van der Waals surface area contributed by atoms with Crippen LogP contribution in [0.2, 0.25) is 0 Å². The highest BCUT2D eigenvalue weighted by Crippen LogP contribution is 2.22. The maximum absolute atomic E-state index is 12.4. The van der Waals surface area contributed by atoms with Gasteiger partial charge in [-0.05, 0) is 38.5 Å². The summed E-state index contributed by atoms with van der Waals surface area (Å²) in [6.07, 6.45) is 5.66. The number of nitrogens with zero attached hydrogens (tertiary/aromatic N) is 5. The van der Waals surface area contributed by atoms with Gasteiger partial charge >= 0.3 is 6.03 Å². The fourth-order valence-corrected chi connectivity index (χ4v) is 3.66. The number of aromatic nitrogens is 4. The topological polar surface area (TPSA) is 67.5 Å². The van der Waals surface area contributed by atoms with Crippen LogP contribution in [0.3, 0.4) is 0 Å². The average Bonchev–Trinajstić information content (AvgIpc) is 3.32. The zero-order valence-corrected chi connectivity index (χ0v) is 15.2. The van der Waals surface area contributed by atoms with E-state index in [1.807, 2.05) is 46.8 Å². The maximum Gasteiger partial charge on any atom is 0.317 e. The van der Waals surface area contributed by atoms with Gasteiger partial charge in [0.2, 0.25) is 0 Å². The molecule has 7 heteroatoms. The van der Waals surface area contributed by atoms with Gasteiger partial charge in [-0.15, -0.1) is 0 Å². The lowest BCUT2D eigenvalue weighted by atomic mass is 10.2. The van der Waals surface area contributed by atoms with Crippen molar-refractivity contribution < 1.29 is 4.79 Å². The SMILES string of the molecule is Cc1cc(C)n([C@H]2CCN(C(=O)NCCc3cn4ccccc4n3)C2)n1. The van der Waals surface area contributed by atoms with Gasteiger partial charge in [0, 0.05) is 44.1 Å². The number of amides is 2. The standard InChI is InChI=1S/C19H24N6O/c1-14-11-15(2)25(22-14)17-7-10-24(13-17)19(26)20-8-6-16-12-23-9-4-3-5-18(23)21-16/h3-5,9,11-12,17H,6-8,10,13H2,1-2H3,(H,20,26)/t17-/m0/s1. The van der Waals surface area contributed by atoms with Gasteiger partial charge in [-0.3, -0.25) is 4.68 Å². The van der Waals surface area contributed by atoms with Gasteiger partial charge in [-0.25, -0.2) is 9.78 Å². The first-order valence-corrected chi connectivity index (χ1v) is 9.08. The van der Waals surface area contributed by atoms with Crippen LogP contribution in [0, 0.1) is 13.8 Å². The molecule has 0 unspecified atom stereocenters. The Bertz CT molecular complexity index is 894. The Morgan fingerprint density at radius 1 is 1.35 bits per heavy atom. The molecule has 1 atom stereocenters. The Kier molecular flexibility index (Phi) is 4.36. The molecular weight excluding hydrogens is 328 g/mol. The molecule has 0 bridgehead atoms. The van der Waals surface area contributed by atoms with Crippen molar-refractivity contribution in [1.29, 1.82) is 0 Å². The third-order valence-electron chi connectivity index (χ3n) is 4.91. The lowest BCUT2D eigenvalue weighted by Crippen LogP contribution is -2.39. The Labute approximate surface area is 152 Å². The molecule has 136 valence electrons. The van der Waals surface area contributed by atoms with E-state index in [1.54, 1.807) is 0 Å². The molecule has 1 fully saturated rings. The summed E-state index contributed by atoms with van der Waals surface area (Å²) in [5, 5.41) is 7.57. The predicted molar refractivity (Wildman–Crippen MR) is 99.2 cm³/mol. The van der Waals surface area contributed by atoms with Crippen LogP contribution in [0.4, 0.5) is 4.79 Å². The molecule has 1 N–H and O–H groups in total. The molecule has 0 aliphatic carbocycles. The second kappa shape index (κ2) is 6.82. The number of imidazole rings is 1. The van der Waals surface area contributed by atoms with E-state index in [2.05, 4.69) is 33.1 Å². The number of urea groups is 1. The summed E-state index contributed by atoms with van der Waals surface area (Å²) in [6.45, 7) is 6.13. The number of pyridine rings is 1. The van der Waals surface area contributed by atoms with Gasteiger partial charge in [0.15, 0.2) is 0 Å². The van der Waals surface area contributed by atoms with Crippen LogP contribution in [0.15, 0.2) is 36.7 Å². The van der Waals surface area contributed by atoms with Crippen molar-refractivity contribution in [3.63, 3.8) is 0 Å². The first-order chi connectivity index (χ1) is 12.6. The molecular formula is C19H24N6O. The molecule has 0 aromatic carbocycles. The van der Waals surface area contributed by atoms with Gasteiger partial charge in [-0.1, -0.05) is 6.07 Å². The largest absolute Gasteiger partial charge is 0.338 e. The summed E-state index contributed by atoms with van der Waals surface area (Å²) in [7, 11) is 0. The van der Waals surface area contributed by atoms with E-state index in [0.29, 0.717) is 13.1 Å². The number of likely N-dealkylation sites (tertiary alicyclic amines) is 1. The molecule has 26 heavy (non-hydrogen) atoms. The second-order valence-electron chi connectivity index (χ2n) is 6.94.